The lowest BCUT2D eigenvalue weighted by atomic mass is 10.0. The summed E-state index contributed by atoms with van der Waals surface area (Å²) in [5.74, 6) is -0.299. The molecule has 0 radical (unpaired) electrons. The standard InChI is InChI=1S/C15H23FN2O2/c1-5-18(10-11-20-4)15(19)14(17(2)3)12-6-8-13(16)9-7-12/h6-9,14H,5,10-11H2,1-4H3/t14-/m1/s1. The number of hydrogen-bond acceptors (Lipinski definition) is 3. The molecule has 0 heterocycles. The van der Waals surface area contributed by atoms with E-state index in [0.29, 0.717) is 19.7 Å². The van der Waals surface area contributed by atoms with E-state index in [1.165, 1.54) is 12.1 Å². The largest absolute Gasteiger partial charge is 0.383 e. The van der Waals surface area contributed by atoms with Gasteiger partial charge in [0.15, 0.2) is 0 Å². The van der Waals surface area contributed by atoms with Crippen LogP contribution in [0.15, 0.2) is 24.3 Å². The van der Waals surface area contributed by atoms with E-state index >= 15 is 0 Å². The summed E-state index contributed by atoms with van der Waals surface area (Å²) in [6, 6.07) is 5.66. The van der Waals surface area contributed by atoms with E-state index in [1.54, 1.807) is 24.1 Å². The van der Waals surface area contributed by atoms with Gasteiger partial charge in [-0.3, -0.25) is 9.69 Å². The highest BCUT2D eigenvalue weighted by atomic mass is 19.1. The lowest BCUT2D eigenvalue weighted by molar-refractivity contribution is -0.136. The average molecular weight is 282 g/mol. The average Bonchev–Trinajstić information content (AvgIpc) is 2.41. The molecule has 0 unspecified atom stereocenters. The molecule has 1 atom stereocenters. The van der Waals surface area contributed by atoms with Gasteiger partial charge in [0.25, 0.3) is 0 Å². The van der Waals surface area contributed by atoms with Crippen molar-refractivity contribution in [3.63, 3.8) is 0 Å². The van der Waals surface area contributed by atoms with Gasteiger partial charge in [-0.25, -0.2) is 4.39 Å². The van der Waals surface area contributed by atoms with Crippen molar-refractivity contribution in [3.8, 4) is 0 Å². The Morgan fingerprint density at radius 1 is 1.30 bits per heavy atom. The van der Waals surface area contributed by atoms with Crippen LogP contribution in [0.2, 0.25) is 0 Å². The smallest absolute Gasteiger partial charge is 0.244 e. The summed E-state index contributed by atoms with van der Waals surface area (Å²) in [6.07, 6.45) is 0. The molecule has 0 spiro atoms. The number of rotatable bonds is 7. The van der Waals surface area contributed by atoms with Gasteiger partial charge in [-0.15, -0.1) is 0 Å². The third-order valence-electron chi connectivity index (χ3n) is 3.19. The zero-order valence-electron chi connectivity index (χ0n) is 12.6. The van der Waals surface area contributed by atoms with Crippen molar-refractivity contribution >= 4 is 5.91 Å². The van der Waals surface area contributed by atoms with E-state index in [0.717, 1.165) is 5.56 Å². The minimum Gasteiger partial charge on any atom is -0.383 e. The fraction of sp³-hybridized carbons (Fsp3) is 0.533. The normalized spacial score (nSPS) is 12.5. The van der Waals surface area contributed by atoms with Crippen LogP contribution in [0.4, 0.5) is 4.39 Å². The zero-order valence-corrected chi connectivity index (χ0v) is 12.6. The van der Waals surface area contributed by atoms with Crippen LogP contribution in [0, 0.1) is 5.82 Å². The van der Waals surface area contributed by atoms with Gasteiger partial charge >= 0.3 is 0 Å². The number of nitrogens with zero attached hydrogens (tertiary/aromatic N) is 2. The first kappa shape index (κ1) is 16.6. The van der Waals surface area contributed by atoms with Gasteiger partial charge in [-0.1, -0.05) is 12.1 Å². The fourth-order valence-corrected chi connectivity index (χ4v) is 2.11. The second-order valence-corrected chi connectivity index (χ2v) is 4.83. The molecule has 0 saturated heterocycles. The summed E-state index contributed by atoms with van der Waals surface area (Å²) in [6.45, 7) is 3.61. The molecule has 0 aromatic heterocycles. The summed E-state index contributed by atoms with van der Waals surface area (Å²) < 4.78 is 18.0. The summed E-state index contributed by atoms with van der Waals surface area (Å²) >= 11 is 0. The first-order valence-electron chi connectivity index (χ1n) is 6.70. The van der Waals surface area contributed by atoms with Gasteiger partial charge in [0.2, 0.25) is 5.91 Å². The highest BCUT2D eigenvalue weighted by Gasteiger charge is 2.26. The summed E-state index contributed by atoms with van der Waals surface area (Å²) in [5, 5.41) is 0. The monoisotopic (exact) mass is 282 g/mol. The number of ether oxygens (including phenoxy) is 1. The zero-order chi connectivity index (χ0) is 15.1. The molecule has 0 fully saturated rings. The van der Waals surface area contributed by atoms with E-state index < -0.39 is 6.04 Å². The minimum atomic E-state index is -0.410. The lowest BCUT2D eigenvalue weighted by Gasteiger charge is -2.30. The Morgan fingerprint density at radius 2 is 1.90 bits per heavy atom. The number of methoxy groups -OCH3 is 1. The molecule has 0 saturated carbocycles. The number of amides is 1. The molecule has 1 aromatic rings. The third-order valence-corrected chi connectivity index (χ3v) is 3.19. The number of hydrogen-bond donors (Lipinski definition) is 0. The molecule has 20 heavy (non-hydrogen) atoms. The van der Waals surface area contributed by atoms with Crippen LogP contribution in [-0.4, -0.2) is 56.6 Å². The molecule has 5 heteroatoms. The third kappa shape index (κ3) is 4.28. The maximum atomic E-state index is 13.0. The van der Waals surface area contributed by atoms with Crippen LogP contribution in [0.1, 0.15) is 18.5 Å². The molecule has 1 amide bonds. The molecule has 112 valence electrons. The maximum absolute atomic E-state index is 13.0. The van der Waals surface area contributed by atoms with Gasteiger partial charge in [0.05, 0.1) is 6.61 Å². The molecule has 0 N–H and O–H groups in total. The lowest BCUT2D eigenvalue weighted by Crippen LogP contribution is -2.41. The summed E-state index contributed by atoms with van der Waals surface area (Å²) in [7, 11) is 5.30. The van der Waals surface area contributed by atoms with Crippen molar-refractivity contribution in [1.29, 1.82) is 0 Å². The molecule has 0 aliphatic carbocycles. The first-order valence-corrected chi connectivity index (χ1v) is 6.70. The predicted octanol–water partition coefficient (Wildman–Crippen LogP) is 1.92. The predicted molar refractivity (Wildman–Crippen MR) is 77.0 cm³/mol. The fourth-order valence-electron chi connectivity index (χ4n) is 2.11. The van der Waals surface area contributed by atoms with Gasteiger partial charge in [0.1, 0.15) is 11.9 Å². The Morgan fingerprint density at radius 3 is 2.35 bits per heavy atom. The van der Waals surface area contributed by atoms with Crippen molar-refractivity contribution in [2.75, 3.05) is 40.9 Å². The van der Waals surface area contributed by atoms with Gasteiger partial charge in [0, 0.05) is 20.2 Å². The van der Waals surface area contributed by atoms with Crippen molar-refractivity contribution < 1.29 is 13.9 Å². The van der Waals surface area contributed by atoms with Gasteiger partial charge in [-0.05, 0) is 38.7 Å². The first-order chi connectivity index (χ1) is 9.51. The molecule has 0 aliphatic rings. The molecule has 4 nitrogen and oxygen atoms in total. The number of likely N-dealkylation sites (N-methyl/N-ethyl adjacent to an activating group) is 2. The molecule has 1 aromatic carbocycles. The van der Waals surface area contributed by atoms with Gasteiger partial charge in [-0.2, -0.15) is 0 Å². The number of carbonyl (C=O) groups excluding carboxylic acids is 1. The summed E-state index contributed by atoms with van der Waals surface area (Å²) in [5.41, 5.74) is 0.789. The van der Waals surface area contributed by atoms with E-state index in [9.17, 15) is 9.18 Å². The molecule has 0 bridgehead atoms. The topological polar surface area (TPSA) is 32.8 Å². The second-order valence-electron chi connectivity index (χ2n) is 4.83. The van der Waals surface area contributed by atoms with E-state index in [1.807, 2.05) is 25.9 Å². The van der Waals surface area contributed by atoms with Crippen LogP contribution >= 0.6 is 0 Å². The molecule has 0 aliphatic heterocycles. The summed E-state index contributed by atoms with van der Waals surface area (Å²) in [4.78, 5) is 16.2. The number of benzene rings is 1. The van der Waals surface area contributed by atoms with Crippen molar-refractivity contribution in [2.45, 2.75) is 13.0 Å². The van der Waals surface area contributed by atoms with Crippen LogP contribution in [0.3, 0.4) is 0 Å². The van der Waals surface area contributed by atoms with E-state index in [4.69, 9.17) is 4.74 Å². The van der Waals surface area contributed by atoms with Crippen LogP contribution in [0.5, 0.6) is 0 Å². The van der Waals surface area contributed by atoms with Crippen molar-refractivity contribution in [2.24, 2.45) is 0 Å². The van der Waals surface area contributed by atoms with E-state index in [2.05, 4.69) is 0 Å². The Bertz CT molecular complexity index is 420. The van der Waals surface area contributed by atoms with Crippen molar-refractivity contribution in [1.82, 2.24) is 9.80 Å². The Labute approximate surface area is 120 Å². The van der Waals surface area contributed by atoms with Crippen LogP contribution in [-0.2, 0) is 9.53 Å². The highest BCUT2D eigenvalue weighted by Crippen LogP contribution is 2.21. The SMILES string of the molecule is CCN(CCOC)C(=O)[C@@H](c1ccc(F)cc1)N(C)C. The minimum absolute atomic E-state index is 0.00107. The maximum Gasteiger partial charge on any atom is 0.244 e. The molecular weight excluding hydrogens is 259 g/mol. The Balaban J connectivity index is 2.94. The highest BCUT2D eigenvalue weighted by molar-refractivity contribution is 5.83. The molecular formula is C15H23FN2O2. The van der Waals surface area contributed by atoms with Crippen LogP contribution < -0.4 is 0 Å². The quantitative estimate of drug-likeness (QED) is 0.766. The van der Waals surface area contributed by atoms with Gasteiger partial charge < -0.3 is 9.64 Å². The molecule has 1 rings (SSSR count). The Kier molecular flexibility index (Phi) is 6.61. The van der Waals surface area contributed by atoms with Crippen LogP contribution in [0.25, 0.3) is 0 Å². The Hall–Kier alpha value is -1.46. The number of carbonyl (C=O) groups is 1. The second kappa shape index (κ2) is 7.97. The van der Waals surface area contributed by atoms with E-state index in [-0.39, 0.29) is 11.7 Å². The number of halogens is 1. The van der Waals surface area contributed by atoms with Crippen molar-refractivity contribution in [3.05, 3.63) is 35.6 Å².